The van der Waals surface area contributed by atoms with E-state index in [0.717, 1.165) is 38.5 Å². The average Bonchev–Trinajstić information content (AvgIpc) is 3.09. The van der Waals surface area contributed by atoms with E-state index >= 15 is 0 Å². The van der Waals surface area contributed by atoms with Gasteiger partial charge < -0.3 is 14.6 Å². The van der Waals surface area contributed by atoms with Crippen LogP contribution < -0.4 is 0 Å². The van der Waals surface area contributed by atoms with Crippen molar-refractivity contribution in [3.05, 3.63) is 24.3 Å². The normalized spacial score (nSPS) is 12.5. The number of unbranched alkanes of at least 4 members (excludes halogenated alkanes) is 28. The van der Waals surface area contributed by atoms with Crippen LogP contribution in [-0.4, -0.2) is 37.0 Å². The van der Waals surface area contributed by atoms with Gasteiger partial charge in [-0.1, -0.05) is 205 Å². The van der Waals surface area contributed by atoms with Gasteiger partial charge in [-0.15, -0.1) is 0 Å². The molecule has 48 heavy (non-hydrogen) atoms. The number of carbonyl (C=O) groups is 1. The number of aliphatic hydroxyl groups is 1. The van der Waals surface area contributed by atoms with E-state index in [1.54, 1.807) is 0 Å². The van der Waals surface area contributed by atoms with Gasteiger partial charge in [0.15, 0.2) is 0 Å². The molecule has 0 aliphatic carbocycles. The van der Waals surface area contributed by atoms with E-state index in [9.17, 15) is 9.90 Å². The molecular weight excluding hydrogens is 592 g/mol. The number of carbonyl (C=O) groups excluding carboxylic acids is 1. The van der Waals surface area contributed by atoms with E-state index in [1.165, 1.54) is 167 Å². The summed E-state index contributed by atoms with van der Waals surface area (Å²) in [4.78, 5) is 12.2. The lowest BCUT2D eigenvalue weighted by Crippen LogP contribution is -2.27. The maximum atomic E-state index is 12.2. The van der Waals surface area contributed by atoms with Crippen LogP contribution in [0.5, 0.6) is 0 Å². The van der Waals surface area contributed by atoms with Crippen LogP contribution >= 0.6 is 0 Å². The Morgan fingerprint density at radius 2 is 0.896 bits per heavy atom. The van der Waals surface area contributed by atoms with E-state index < -0.39 is 6.10 Å². The fourth-order valence-corrected chi connectivity index (χ4v) is 6.29. The molecule has 0 fully saturated rings. The molecule has 0 aromatic rings. The largest absolute Gasteiger partial charge is 0.457 e. The Balaban J connectivity index is 3.37. The standard InChI is InChI=1S/C44H84O4/c1-3-5-7-9-11-13-15-17-19-20-21-22-23-24-25-26-28-30-32-34-36-38-40-47-42-43(41-45)48-44(46)39-37-35-33-31-29-27-18-16-14-12-10-8-6-4-2/h10,12,16,18,43,45H,3-9,11,13-15,17,19-42H2,1-2H3/b12-10-,18-16-. The second-order valence-corrected chi connectivity index (χ2v) is 14.4. The molecule has 0 aliphatic rings. The summed E-state index contributed by atoms with van der Waals surface area (Å²) in [5, 5.41) is 9.59. The molecule has 284 valence electrons. The molecule has 4 nitrogen and oxygen atoms in total. The van der Waals surface area contributed by atoms with Gasteiger partial charge in [-0.2, -0.15) is 0 Å². The molecule has 0 saturated heterocycles. The molecule has 0 amide bonds. The van der Waals surface area contributed by atoms with Gasteiger partial charge in [-0.25, -0.2) is 0 Å². The highest BCUT2D eigenvalue weighted by Gasteiger charge is 2.13. The van der Waals surface area contributed by atoms with Crippen LogP contribution in [0, 0.1) is 0 Å². The van der Waals surface area contributed by atoms with Crippen molar-refractivity contribution in [3.8, 4) is 0 Å². The zero-order valence-corrected chi connectivity index (χ0v) is 32.5. The predicted octanol–water partition coefficient (Wildman–Crippen LogP) is 13.9. The second-order valence-electron chi connectivity index (χ2n) is 14.4. The number of hydrogen-bond donors (Lipinski definition) is 1. The van der Waals surface area contributed by atoms with Crippen LogP contribution in [0.1, 0.15) is 226 Å². The monoisotopic (exact) mass is 677 g/mol. The molecular formula is C44H84O4. The highest BCUT2D eigenvalue weighted by atomic mass is 16.6. The smallest absolute Gasteiger partial charge is 0.306 e. The van der Waals surface area contributed by atoms with Gasteiger partial charge in [-0.3, -0.25) is 4.79 Å². The minimum atomic E-state index is -0.537. The summed E-state index contributed by atoms with van der Waals surface area (Å²) in [6.07, 6.45) is 51.0. The summed E-state index contributed by atoms with van der Waals surface area (Å²) < 4.78 is 11.1. The summed E-state index contributed by atoms with van der Waals surface area (Å²) in [5.41, 5.74) is 0. The first-order chi connectivity index (χ1) is 23.7. The minimum absolute atomic E-state index is 0.173. The van der Waals surface area contributed by atoms with Crippen molar-refractivity contribution in [2.45, 2.75) is 232 Å². The van der Waals surface area contributed by atoms with E-state index in [2.05, 4.69) is 38.2 Å². The molecule has 1 atom stereocenters. The Hall–Kier alpha value is -1.13. The molecule has 0 heterocycles. The van der Waals surface area contributed by atoms with Crippen molar-refractivity contribution < 1.29 is 19.4 Å². The molecule has 0 rings (SSSR count). The Labute approximate surface area is 300 Å². The molecule has 1 unspecified atom stereocenters. The fraction of sp³-hybridized carbons (Fsp3) is 0.886. The van der Waals surface area contributed by atoms with Gasteiger partial charge in [0, 0.05) is 13.0 Å². The number of ether oxygens (including phenoxy) is 2. The van der Waals surface area contributed by atoms with Crippen LogP contribution in [0.25, 0.3) is 0 Å². The summed E-state index contributed by atoms with van der Waals surface area (Å²) in [6.45, 7) is 5.32. The molecule has 4 heteroatoms. The zero-order chi connectivity index (χ0) is 34.9. The number of esters is 1. The van der Waals surface area contributed by atoms with E-state index in [4.69, 9.17) is 9.47 Å². The zero-order valence-electron chi connectivity index (χ0n) is 32.5. The van der Waals surface area contributed by atoms with Crippen LogP contribution in [-0.2, 0) is 14.3 Å². The van der Waals surface area contributed by atoms with Gasteiger partial charge in [-0.05, 0) is 38.5 Å². The minimum Gasteiger partial charge on any atom is -0.457 e. The third-order valence-corrected chi connectivity index (χ3v) is 9.53. The van der Waals surface area contributed by atoms with Gasteiger partial charge in [0.05, 0.1) is 13.2 Å². The van der Waals surface area contributed by atoms with Crippen LogP contribution in [0.3, 0.4) is 0 Å². The predicted molar refractivity (Wildman–Crippen MR) is 210 cm³/mol. The summed E-state index contributed by atoms with van der Waals surface area (Å²) in [7, 11) is 0. The molecule has 0 aromatic heterocycles. The third-order valence-electron chi connectivity index (χ3n) is 9.53. The quantitative estimate of drug-likeness (QED) is 0.0399. The van der Waals surface area contributed by atoms with Gasteiger partial charge in [0.2, 0.25) is 0 Å². The topological polar surface area (TPSA) is 55.8 Å². The van der Waals surface area contributed by atoms with Gasteiger partial charge >= 0.3 is 5.97 Å². The van der Waals surface area contributed by atoms with Crippen molar-refractivity contribution in [2.75, 3.05) is 19.8 Å². The molecule has 0 bridgehead atoms. The van der Waals surface area contributed by atoms with Crippen molar-refractivity contribution in [2.24, 2.45) is 0 Å². The molecule has 0 spiro atoms. The van der Waals surface area contributed by atoms with Crippen LogP contribution in [0.2, 0.25) is 0 Å². The first kappa shape index (κ1) is 46.9. The number of aliphatic hydroxyl groups excluding tert-OH is 1. The van der Waals surface area contributed by atoms with Gasteiger partial charge in [0.25, 0.3) is 0 Å². The average molecular weight is 677 g/mol. The van der Waals surface area contributed by atoms with E-state index in [0.29, 0.717) is 19.6 Å². The van der Waals surface area contributed by atoms with E-state index in [1.807, 2.05) is 0 Å². The first-order valence-corrected chi connectivity index (χ1v) is 21.4. The fourth-order valence-electron chi connectivity index (χ4n) is 6.29. The SMILES string of the molecule is CCCC/C=C\C/C=C\CCCCCCCC(=O)OC(CO)COCCCCCCCCCCCCCCCCCCCCCCCC. The second kappa shape index (κ2) is 42.0. The Morgan fingerprint density at radius 3 is 1.35 bits per heavy atom. The lowest BCUT2D eigenvalue weighted by Gasteiger charge is -2.15. The number of rotatable bonds is 40. The summed E-state index contributed by atoms with van der Waals surface area (Å²) >= 11 is 0. The molecule has 0 saturated carbocycles. The maximum absolute atomic E-state index is 12.2. The molecule has 1 N–H and O–H groups in total. The summed E-state index contributed by atoms with van der Waals surface area (Å²) in [5.74, 6) is -0.211. The van der Waals surface area contributed by atoms with Gasteiger partial charge in [0.1, 0.15) is 6.10 Å². The lowest BCUT2D eigenvalue weighted by atomic mass is 10.0. The maximum Gasteiger partial charge on any atom is 0.306 e. The molecule has 0 aromatic carbocycles. The highest BCUT2D eigenvalue weighted by molar-refractivity contribution is 5.69. The number of hydrogen-bond acceptors (Lipinski definition) is 4. The Bertz CT molecular complexity index is 673. The van der Waals surface area contributed by atoms with Crippen LogP contribution in [0.4, 0.5) is 0 Å². The third kappa shape index (κ3) is 39.3. The summed E-state index contributed by atoms with van der Waals surface area (Å²) in [6, 6.07) is 0. The van der Waals surface area contributed by atoms with Crippen molar-refractivity contribution >= 4 is 5.97 Å². The van der Waals surface area contributed by atoms with Crippen molar-refractivity contribution in [3.63, 3.8) is 0 Å². The van der Waals surface area contributed by atoms with E-state index in [-0.39, 0.29) is 12.6 Å². The Morgan fingerprint density at radius 1 is 0.500 bits per heavy atom. The number of allylic oxidation sites excluding steroid dienone is 4. The highest BCUT2D eigenvalue weighted by Crippen LogP contribution is 2.15. The molecule has 0 aliphatic heterocycles. The Kier molecular flexibility index (Phi) is 41.0. The molecule has 0 radical (unpaired) electrons. The van der Waals surface area contributed by atoms with Crippen LogP contribution in [0.15, 0.2) is 24.3 Å². The lowest BCUT2D eigenvalue weighted by molar-refractivity contribution is -0.154. The first-order valence-electron chi connectivity index (χ1n) is 21.4. The van der Waals surface area contributed by atoms with Crippen molar-refractivity contribution in [1.82, 2.24) is 0 Å². The van der Waals surface area contributed by atoms with Crippen molar-refractivity contribution in [1.29, 1.82) is 0 Å².